The molecule has 1 aromatic rings. The van der Waals surface area contributed by atoms with Gasteiger partial charge >= 0.3 is 5.97 Å². The molecular weight excluding hydrogens is 290 g/mol. The van der Waals surface area contributed by atoms with Crippen LogP contribution in [0.25, 0.3) is 6.08 Å². The van der Waals surface area contributed by atoms with E-state index < -0.39 is 0 Å². The molecule has 4 nitrogen and oxygen atoms in total. The Morgan fingerprint density at radius 2 is 1.96 bits per heavy atom. The molecule has 1 fully saturated rings. The van der Waals surface area contributed by atoms with Crippen LogP contribution in [0.3, 0.4) is 0 Å². The van der Waals surface area contributed by atoms with Crippen molar-refractivity contribution in [3.05, 3.63) is 41.0 Å². The van der Waals surface area contributed by atoms with E-state index in [0.29, 0.717) is 32.5 Å². The summed E-state index contributed by atoms with van der Waals surface area (Å²) in [4.78, 5) is 25.8. The molecule has 0 radical (unpaired) electrons. The van der Waals surface area contributed by atoms with Gasteiger partial charge < -0.3 is 9.64 Å². The van der Waals surface area contributed by atoms with Gasteiger partial charge in [0.05, 0.1) is 12.5 Å². The van der Waals surface area contributed by atoms with Crippen molar-refractivity contribution in [3.63, 3.8) is 0 Å². The normalized spacial score (nSPS) is 15.9. The van der Waals surface area contributed by atoms with Gasteiger partial charge in [-0.05, 0) is 50.8 Å². The zero-order valence-corrected chi connectivity index (χ0v) is 14.2. The predicted molar refractivity (Wildman–Crippen MR) is 90.9 cm³/mol. The number of aryl methyl sites for hydroxylation is 2. The Morgan fingerprint density at radius 3 is 2.57 bits per heavy atom. The monoisotopic (exact) mass is 315 g/mol. The molecule has 0 spiro atoms. The average molecular weight is 315 g/mol. The first kappa shape index (κ1) is 17.3. The van der Waals surface area contributed by atoms with Crippen LogP contribution in [-0.2, 0) is 14.3 Å². The maximum absolute atomic E-state index is 12.3. The van der Waals surface area contributed by atoms with E-state index in [-0.39, 0.29) is 17.8 Å². The summed E-state index contributed by atoms with van der Waals surface area (Å²) < 4.78 is 5.05. The van der Waals surface area contributed by atoms with Crippen molar-refractivity contribution in [3.8, 4) is 0 Å². The van der Waals surface area contributed by atoms with Crippen molar-refractivity contribution in [2.45, 2.75) is 33.6 Å². The number of hydrogen-bond donors (Lipinski definition) is 0. The number of carbonyl (C=O) groups excluding carboxylic acids is 2. The second kappa shape index (κ2) is 7.95. The number of piperidine rings is 1. The van der Waals surface area contributed by atoms with Crippen molar-refractivity contribution < 1.29 is 14.3 Å². The molecule has 0 aromatic heterocycles. The van der Waals surface area contributed by atoms with E-state index >= 15 is 0 Å². The molecule has 0 unspecified atom stereocenters. The molecule has 2 rings (SSSR count). The van der Waals surface area contributed by atoms with Gasteiger partial charge in [-0.15, -0.1) is 0 Å². The third kappa shape index (κ3) is 4.68. The van der Waals surface area contributed by atoms with Crippen molar-refractivity contribution in [1.29, 1.82) is 0 Å². The zero-order valence-electron chi connectivity index (χ0n) is 14.2. The van der Waals surface area contributed by atoms with Crippen molar-refractivity contribution in [2.75, 3.05) is 19.7 Å². The molecule has 23 heavy (non-hydrogen) atoms. The summed E-state index contributed by atoms with van der Waals surface area (Å²) >= 11 is 0. The highest BCUT2D eigenvalue weighted by atomic mass is 16.5. The molecule has 1 amide bonds. The van der Waals surface area contributed by atoms with Gasteiger partial charge in [-0.1, -0.05) is 23.8 Å². The largest absolute Gasteiger partial charge is 0.466 e. The standard InChI is InChI=1S/C19H25NO3/c1-4-23-19(22)17-9-11-20(12-10-17)18(21)8-7-16-6-5-14(2)13-15(16)3/h5-8,13,17H,4,9-12H2,1-3H3/b8-7+. The lowest BCUT2D eigenvalue weighted by atomic mass is 9.97. The maximum Gasteiger partial charge on any atom is 0.309 e. The molecule has 124 valence electrons. The van der Waals surface area contributed by atoms with E-state index in [0.717, 1.165) is 11.1 Å². The Balaban J connectivity index is 1.90. The summed E-state index contributed by atoms with van der Waals surface area (Å²) in [7, 11) is 0. The van der Waals surface area contributed by atoms with E-state index in [1.165, 1.54) is 5.56 Å². The lowest BCUT2D eigenvalue weighted by molar-refractivity contribution is -0.150. The van der Waals surface area contributed by atoms with E-state index in [4.69, 9.17) is 4.74 Å². The molecule has 1 aliphatic rings. The predicted octanol–water partition coefficient (Wildman–Crippen LogP) is 3.12. The number of hydrogen-bond acceptors (Lipinski definition) is 3. The average Bonchev–Trinajstić information content (AvgIpc) is 2.54. The molecule has 0 saturated carbocycles. The third-order valence-corrected chi connectivity index (χ3v) is 4.26. The first-order valence-electron chi connectivity index (χ1n) is 8.22. The SMILES string of the molecule is CCOC(=O)C1CCN(C(=O)/C=C/c2ccc(C)cc2C)CC1. The van der Waals surface area contributed by atoms with Crippen LogP contribution in [0.5, 0.6) is 0 Å². The smallest absolute Gasteiger partial charge is 0.309 e. The molecule has 0 N–H and O–H groups in total. The van der Waals surface area contributed by atoms with Crippen LogP contribution < -0.4 is 0 Å². The lowest BCUT2D eigenvalue weighted by Crippen LogP contribution is -2.39. The van der Waals surface area contributed by atoms with E-state index in [9.17, 15) is 9.59 Å². The molecule has 1 aromatic carbocycles. The Bertz CT molecular complexity index is 599. The summed E-state index contributed by atoms with van der Waals surface area (Å²) in [5.74, 6) is -0.194. The highest BCUT2D eigenvalue weighted by Crippen LogP contribution is 2.19. The Hall–Kier alpha value is -2.10. The zero-order chi connectivity index (χ0) is 16.8. The van der Waals surface area contributed by atoms with Gasteiger partial charge in [0.15, 0.2) is 0 Å². The number of rotatable bonds is 4. The number of likely N-dealkylation sites (tertiary alicyclic amines) is 1. The van der Waals surface area contributed by atoms with Crippen LogP contribution in [-0.4, -0.2) is 36.5 Å². The molecule has 4 heteroatoms. The maximum atomic E-state index is 12.3. The molecule has 0 atom stereocenters. The van der Waals surface area contributed by atoms with Gasteiger partial charge in [-0.25, -0.2) is 0 Å². The van der Waals surface area contributed by atoms with Gasteiger partial charge in [-0.3, -0.25) is 9.59 Å². The van der Waals surface area contributed by atoms with Crippen molar-refractivity contribution in [1.82, 2.24) is 4.90 Å². The highest BCUT2D eigenvalue weighted by Gasteiger charge is 2.27. The fourth-order valence-corrected chi connectivity index (χ4v) is 2.87. The summed E-state index contributed by atoms with van der Waals surface area (Å²) in [6.07, 6.45) is 4.86. The quantitative estimate of drug-likeness (QED) is 0.633. The van der Waals surface area contributed by atoms with E-state index in [1.54, 1.807) is 11.0 Å². The fourth-order valence-electron chi connectivity index (χ4n) is 2.87. The summed E-state index contributed by atoms with van der Waals surface area (Å²) in [6, 6.07) is 6.18. The van der Waals surface area contributed by atoms with Crippen LogP contribution in [0.1, 0.15) is 36.5 Å². The molecule has 1 saturated heterocycles. The molecule has 0 aliphatic carbocycles. The number of amides is 1. The lowest BCUT2D eigenvalue weighted by Gasteiger charge is -2.30. The van der Waals surface area contributed by atoms with Crippen LogP contribution in [0, 0.1) is 19.8 Å². The minimum atomic E-state index is -0.134. The van der Waals surface area contributed by atoms with Crippen LogP contribution in [0.4, 0.5) is 0 Å². The van der Waals surface area contributed by atoms with Gasteiger partial charge in [-0.2, -0.15) is 0 Å². The first-order valence-corrected chi connectivity index (χ1v) is 8.22. The molecule has 1 heterocycles. The molecule has 0 bridgehead atoms. The fraction of sp³-hybridized carbons (Fsp3) is 0.474. The Labute approximate surface area is 138 Å². The van der Waals surface area contributed by atoms with Gasteiger partial charge in [0, 0.05) is 19.2 Å². The topological polar surface area (TPSA) is 46.6 Å². The van der Waals surface area contributed by atoms with Crippen molar-refractivity contribution in [2.24, 2.45) is 5.92 Å². The van der Waals surface area contributed by atoms with Crippen LogP contribution in [0.2, 0.25) is 0 Å². The van der Waals surface area contributed by atoms with E-state index in [2.05, 4.69) is 13.0 Å². The Kier molecular flexibility index (Phi) is 5.97. The molecular formula is C19H25NO3. The summed E-state index contributed by atoms with van der Waals surface area (Å²) in [5.41, 5.74) is 3.44. The first-order chi connectivity index (χ1) is 11.0. The van der Waals surface area contributed by atoms with Crippen LogP contribution in [0.15, 0.2) is 24.3 Å². The summed E-state index contributed by atoms with van der Waals surface area (Å²) in [6.45, 7) is 7.55. The second-order valence-corrected chi connectivity index (χ2v) is 6.04. The van der Waals surface area contributed by atoms with Gasteiger partial charge in [0.25, 0.3) is 0 Å². The number of esters is 1. The molecule has 1 aliphatic heterocycles. The van der Waals surface area contributed by atoms with Crippen molar-refractivity contribution >= 4 is 18.0 Å². The highest BCUT2D eigenvalue weighted by molar-refractivity contribution is 5.92. The Morgan fingerprint density at radius 1 is 1.26 bits per heavy atom. The van der Waals surface area contributed by atoms with E-state index in [1.807, 2.05) is 32.1 Å². The number of ether oxygens (including phenoxy) is 1. The minimum Gasteiger partial charge on any atom is -0.466 e. The summed E-state index contributed by atoms with van der Waals surface area (Å²) in [5, 5.41) is 0. The minimum absolute atomic E-state index is 0.00674. The van der Waals surface area contributed by atoms with Gasteiger partial charge in [0.1, 0.15) is 0 Å². The van der Waals surface area contributed by atoms with Gasteiger partial charge in [0.2, 0.25) is 5.91 Å². The second-order valence-electron chi connectivity index (χ2n) is 6.04. The third-order valence-electron chi connectivity index (χ3n) is 4.26. The number of nitrogens with zero attached hydrogens (tertiary/aromatic N) is 1. The number of benzene rings is 1. The number of carbonyl (C=O) groups is 2. The van der Waals surface area contributed by atoms with Crippen LogP contribution >= 0.6 is 0 Å².